The zero-order valence-corrected chi connectivity index (χ0v) is 22.7. The second kappa shape index (κ2) is 9.87. The van der Waals surface area contributed by atoms with Gasteiger partial charge in [-0.15, -0.1) is 0 Å². The van der Waals surface area contributed by atoms with Crippen LogP contribution in [0.25, 0.3) is 22.4 Å². The maximum Gasteiger partial charge on any atom is 0.341 e. The lowest BCUT2D eigenvalue weighted by Crippen LogP contribution is -2.46. The Labute approximate surface area is 222 Å². The molecule has 9 heteroatoms. The van der Waals surface area contributed by atoms with Crippen molar-refractivity contribution in [2.75, 3.05) is 44.7 Å². The van der Waals surface area contributed by atoms with Crippen molar-refractivity contribution in [3.8, 4) is 28.1 Å². The minimum atomic E-state index is -1.22. The number of carboxylic acids is 1. The number of piperazine rings is 1. The zero-order valence-electron chi connectivity index (χ0n) is 22.7. The fourth-order valence-corrected chi connectivity index (χ4v) is 5.53. The topological polar surface area (TPSA) is 101 Å². The van der Waals surface area contributed by atoms with Gasteiger partial charge in [-0.25, -0.2) is 14.8 Å². The quantitative estimate of drug-likeness (QED) is 0.543. The monoisotopic (exact) mass is 517 g/mol. The van der Waals surface area contributed by atoms with Crippen LogP contribution in [0.4, 0.5) is 5.95 Å². The highest BCUT2D eigenvalue weighted by Gasteiger charge is 2.34. The average molecular weight is 518 g/mol. The first kappa shape index (κ1) is 25.9. The van der Waals surface area contributed by atoms with Crippen LogP contribution in [-0.2, 0) is 6.42 Å². The van der Waals surface area contributed by atoms with Gasteiger partial charge in [0, 0.05) is 73.6 Å². The van der Waals surface area contributed by atoms with Crippen molar-refractivity contribution in [3.63, 3.8) is 0 Å². The molecule has 5 rings (SSSR count). The second-order valence-corrected chi connectivity index (χ2v) is 11.1. The minimum absolute atomic E-state index is 0.0367. The molecule has 1 aromatic carbocycles. The molecule has 0 aliphatic carbocycles. The van der Waals surface area contributed by atoms with Gasteiger partial charge in [0.2, 0.25) is 5.95 Å². The highest BCUT2D eigenvalue weighted by atomic mass is 16.5. The van der Waals surface area contributed by atoms with E-state index in [2.05, 4.69) is 53.5 Å². The number of aromatic carboxylic acids is 1. The molecule has 2 aliphatic rings. The number of pyridine rings is 1. The summed E-state index contributed by atoms with van der Waals surface area (Å²) in [6.07, 6.45) is 5.87. The Kier molecular flexibility index (Phi) is 6.73. The molecule has 2 aromatic heterocycles. The molecule has 1 fully saturated rings. The van der Waals surface area contributed by atoms with Crippen LogP contribution in [0.1, 0.15) is 49.7 Å². The number of anilines is 1. The van der Waals surface area contributed by atoms with Gasteiger partial charge in [-0.05, 0) is 36.1 Å². The van der Waals surface area contributed by atoms with Gasteiger partial charge >= 0.3 is 5.97 Å². The van der Waals surface area contributed by atoms with Gasteiger partial charge in [0.05, 0.1) is 12.8 Å². The number of likely N-dealkylation sites (N-methyl/N-ethyl adjacent to an activating group) is 1. The summed E-state index contributed by atoms with van der Waals surface area (Å²) in [6, 6.07) is 5.44. The molecule has 4 heterocycles. The Morgan fingerprint density at radius 3 is 2.34 bits per heavy atom. The van der Waals surface area contributed by atoms with Gasteiger partial charge < -0.3 is 24.2 Å². The highest BCUT2D eigenvalue weighted by Crippen LogP contribution is 2.45. The van der Waals surface area contributed by atoms with Gasteiger partial charge in [0.15, 0.2) is 5.43 Å². The van der Waals surface area contributed by atoms with Crippen molar-refractivity contribution in [1.82, 2.24) is 19.4 Å². The zero-order chi connectivity index (χ0) is 27.2. The SMILES string of the molecule is CCN1CCN(c2ncc(-c3cc4c(cc3OC)-c3cc(=O)c(C(=O)O)cn3C(C(C)(C)C)C4)cn2)CC1. The Hall–Kier alpha value is -3.72. The third-order valence-corrected chi connectivity index (χ3v) is 7.81. The molecular formula is C29H35N5O4. The number of aromatic nitrogens is 3. The number of carboxylic acid groups (broad SMARTS) is 1. The fourth-order valence-electron chi connectivity index (χ4n) is 5.53. The van der Waals surface area contributed by atoms with E-state index in [-0.39, 0.29) is 17.0 Å². The molecule has 0 bridgehead atoms. The molecule has 9 nitrogen and oxygen atoms in total. The second-order valence-electron chi connectivity index (χ2n) is 11.1. The number of hydrogen-bond acceptors (Lipinski definition) is 7. The number of carbonyl (C=O) groups is 1. The van der Waals surface area contributed by atoms with Crippen LogP contribution in [0.15, 0.2) is 41.6 Å². The lowest BCUT2D eigenvalue weighted by atomic mass is 9.78. The summed E-state index contributed by atoms with van der Waals surface area (Å²) >= 11 is 0. The molecule has 2 aliphatic heterocycles. The number of ether oxygens (including phenoxy) is 1. The summed E-state index contributed by atoms with van der Waals surface area (Å²) < 4.78 is 7.73. The maximum atomic E-state index is 12.7. The summed E-state index contributed by atoms with van der Waals surface area (Å²) in [5.41, 5.74) is 3.48. The smallest absolute Gasteiger partial charge is 0.341 e. The predicted octanol–water partition coefficient (Wildman–Crippen LogP) is 3.96. The van der Waals surface area contributed by atoms with Gasteiger partial charge in [-0.2, -0.15) is 0 Å². The Morgan fingerprint density at radius 1 is 1.08 bits per heavy atom. The third kappa shape index (κ3) is 4.67. The van der Waals surface area contributed by atoms with E-state index in [9.17, 15) is 14.7 Å². The average Bonchev–Trinajstić information content (AvgIpc) is 2.91. The number of methoxy groups -OCH3 is 1. The van der Waals surface area contributed by atoms with Crippen LogP contribution in [0.5, 0.6) is 5.75 Å². The summed E-state index contributed by atoms with van der Waals surface area (Å²) in [6.45, 7) is 13.5. The van der Waals surface area contributed by atoms with Crippen LogP contribution < -0.4 is 15.1 Å². The number of benzene rings is 1. The molecule has 0 radical (unpaired) electrons. The van der Waals surface area contributed by atoms with Crippen molar-refractivity contribution in [2.45, 2.75) is 40.2 Å². The van der Waals surface area contributed by atoms with Gasteiger partial charge in [0.1, 0.15) is 11.3 Å². The van der Waals surface area contributed by atoms with Crippen LogP contribution in [0.3, 0.4) is 0 Å². The van der Waals surface area contributed by atoms with E-state index in [1.165, 1.54) is 12.3 Å². The van der Waals surface area contributed by atoms with E-state index < -0.39 is 11.4 Å². The van der Waals surface area contributed by atoms with E-state index >= 15 is 0 Å². The molecule has 0 amide bonds. The minimum Gasteiger partial charge on any atom is -0.496 e. The summed E-state index contributed by atoms with van der Waals surface area (Å²) in [5.74, 6) is 0.163. The van der Waals surface area contributed by atoms with Crippen LogP contribution >= 0.6 is 0 Å². The maximum absolute atomic E-state index is 12.7. The number of fused-ring (bicyclic) bond motifs is 3. The fraction of sp³-hybridized carbons (Fsp3) is 0.448. The van der Waals surface area contributed by atoms with Gasteiger partial charge in [-0.1, -0.05) is 27.7 Å². The van der Waals surface area contributed by atoms with E-state index in [0.29, 0.717) is 17.9 Å². The normalized spacial score (nSPS) is 17.6. The number of nitrogens with zero attached hydrogens (tertiary/aromatic N) is 5. The molecule has 0 spiro atoms. The lowest BCUT2D eigenvalue weighted by molar-refractivity contribution is 0.0693. The molecule has 38 heavy (non-hydrogen) atoms. The standard InChI is InChI=1S/C29H35N5O4/c1-6-32-7-9-33(10-8-32)28-30-15-19(16-31-28)21-11-18-12-26(29(2,3)4)34-17-22(27(36)37)24(35)14-23(34)20(18)13-25(21)38-5/h11,13-17,26H,6-10,12H2,1-5H3,(H,36,37). The van der Waals surface area contributed by atoms with Crippen molar-refractivity contribution in [1.29, 1.82) is 0 Å². The molecule has 0 saturated carbocycles. The van der Waals surface area contributed by atoms with Crippen molar-refractivity contribution in [2.24, 2.45) is 5.41 Å². The largest absolute Gasteiger partial charge is 0.496 e. The molecule has 200 valence electrons. The first-order chi connectivity index (χ1) is 18.1. The molecule has 1 N–H and O–H groups in total. The van der Waals surface area contributed by atoms with Crippen molar-refractivity contribution in [3.05, 3.63) is 58.1 Å². The van der Waals surface area contributed by atoms with Crippen LogP contribution in [-0.4, -0.2) is 70.3 Å². The lowest BCUT2D eigenvalue weighted by Gasteiger charge is -2.39. The third-order valence-electron chi connectivity index (χ3n) is 7.81. The number of rotatable bonds is 5. The van der Waals surface area contributed by atoms with E-state index in [1.54, 1.807) is 7.11 Å². The molecule has 3 aromatic rings. The Bertz CT molecular complexity index is 1420. The predicted molar refractivity (Wildman–Crippen MR) is 147 cm³/mol. The summed E-state index contributed by atoms with van der Waals surface area (Å²) in [5, 5.41) is 9.57. The highest BCUT2D eigenvalue weighted by molar-refractivity contribution is 5.88. The molecular weight excluding hydrogens is 482 g/mol. The Morgan fingerprint density at radius 2 is 1.76 bits per heavy atom. The molecule has 1 unspecified atom stereocenters. The van der Waals surface area contributed by atoms with Crippen molar-refractivity contribution < 1.29 is 14.6 Å². The molecule has 1 atom stereocenters. The summed E-state index contributed by atoms with van der Waals surface area (Å²) in [7, 11) is 1.62. The first-order valence-electron chi connectivity index (χ1n) is 13.1. The van der Waals surface area contributed by atoms with Gasteiger partial charge in [-0.3, -0.25) is 4.79 Å². The van der Waals surface area contributed by atoms with Gasteiger partial charge in [0.25, 0.3) is 0 Å². The molecule has 1 saturated heterocycles. The van der Waals surface area contributed by atoms with Crippen LogP contribution in [0.2, 0.25) is 0 Å². The van der Waals surface area contributed by atoms with E-state index in [4.69, 9.17) is 4.74 Å². The number of hydrogen-bond donors (Lipinski definition) is 1. The Balaban J connectivity index is 1.56. The van der Waals surface area contributed by atoms with E-state index in [0.717, 1.165) is 60.9 Å². The first-order valence-corrected chi connectivity index (χ1v) is 13.1. The van der Waals surface area contributed by atoms with Crippen LogP contribution in [0, 0.1) is 5.41 Å². The van der Waals surface area contributed by atoms with E-state index in [1.807, 2.05) is 23.0 Å². The summed E-state index contributed by atoms with van der Waals surface area (Å²) in [4.78, 5) is 38.4. The van der Waals surface area contributed by atoms with Crippen molar-refractivity contribution >= 4 is 11.9 Å².